The van der Waals surface area contributed by atoms with Crippen molar-refractivity contribution in [2.24, 2.45) is 11.8 Å². The van der Waals surface area contributed by atoms with Crippen LogP contribution in [0.3, 0.4) is 0 Å². The summed E-state index contributed by atoms with van der Waals surface area (Å²) in [7, 11) is 0. The molecule has 6 aliphatic rings. The van der Waals surface area contributed by atoms with Crippen molar-refractivity contribution in [1.29, 1.82) is 0 Å². The highest BCUT2D eigenvalue weighted by Crippen LogP contribution is 2.58. The quantitative estimate of drug-likeness (QED) is 0.300. The Morgan fingerprint density at radius 3 is 2.58 bits per heavy atom. The zero-order valence-electron chi connectivity index (χ0n) is 26.7. The third kappa shape index (κ3) is 4.28. The molecule has 0 saturated carbocycles. The molecule has 0 bridgehead atoms. The molecule has 0 fully saturated rings. The van der Waals surface area contributed by atoms with Gasteiger partial charge in [0.25, 0.3) is 0 Å². The van der Waals surface area contributed by atoms with E-state index in [-0.39, 0.29) is 5.41 Å². The molecule has 45 heavy (non-hydrogen) atoms. The molecule has 0 amide bonds. The van der Waals surface area contributed by atoms with E-state index in [1.807, 2.05) is 0 Å². The Hall–Kier alpha value is -4.04. The fraction of sp³-hybridized carbons (Fsp3) is 0.349. The second-order valence-corrected chi connectivity index (χ2v) is 14.7. The van der Waals surface area contributed by atoms with Gasteiger partial charge in [0.05, 0.1) is 0 Å². The number of aromatic nitrogens is 1. The van der Waals surface area contributed by atoms with Crippen LogP contribution in [-0.4, -0.2) is 4.98 Å². The lowest BCUT2D eigenvalue weighted by Crippen LogP contribution is -2.31. The SMILES string of the molecule is CC1(C)c2cc[nH]c2C2c3ccc4c(c3CCC21)C=C(N(C1=C2CCC=CC2CC=C1)c1ccc(C2C=CC=CC2)cc1)CC4. The van der Waals surface area contributed by atoms with E-state index in [2.05, 4.69) is 127 Å². The van der Waals surface area contributed by atoms with Crippen molar-refractivity contribution < 1.29 is 0 Å². The molecule has 2 heteroatoms. The van der Waals surface area contributed by atoms with Crippen LogP contribution in [0.15, 0.2) is 114 Å². The van der Waals surface area contributed by atoms with Crippen LogP contribution in [0, 0.1) is 11.8 Å². The fourth-order valence-corrected chi connectivity index (χ4v) is 9.74. The van der Waals surface area contributed by atoms with Crippen molar-refractivity contribution in [2.75, 3.05) is 4.90 Å². The normalized spacial score (nSPS) is 26.9. The molecule has 4 atom stereocenters. The molecule has 1 N–H and O–H groups in total. The van der Waals surface area contributed by atoms with Crippen LogP contribution >= 0.6 is 0 Å². The highest BCUT2D eigenvalue weighted by Gasteiger charge is 2.49. The minimum atomic E-state index is 0.216. The Morgan fingerprint density at radius 1 is 0.822 bits per heavy atom. The van der Waals surface area contributed by atoms with E-state index in [0.717, 1.165) is 38.5 Å². The number of rotatable bonds is 4. The molecule has 1 aromatic heterocycles. The smallest absolute Gasteiger partial charge is 0.0458 e. The maximum Gasteiger partial charge on any atom is 0.0458 e. The molecule has 1 heterocycles. The Morgan fingerprint density at radius 2 is 1.71 bits per heavy atom. The number of nitrogens with zero attached hydrogens (tertiary/aromatic N) is 1. The fourth-order valence-electron chi connectivity index (χ4n) is 9.74. The molecule has 0 spiro atoms. The second-order valence-electron chi connectivity index (χ2n) is 14.7. The summed E-state index contributed by atoms with van der Waals surface area (Å²) in [5.41, 5.74) is 16.6. The van der Waals surface area contributed by atoms with Crippen LogP contribution in [0.25, 0.3) is 6.08 Å². The summed E-state index contributed by atoms with van der Waals surface area (Å²) < 4.78 is 0. The molecular weight excluding hydrogens is 544 g/mol. The van der Waals surface area contributed by atoms with Crippen molar-refractivity contribution in [3.63, 3.8) is 0 Å². The first-order valence-corrected chi connectivity index (χ1v) is 17.4. The highest BCUT2D eigenvalue weighted by atomic mass is 15.2. The Labute approximate surface area is 268 Å². The summed E-state index contributed by atoms with van der Waals surface area (Å²) in [6.07, 6.45) is 32.6. The first-order chi connectivity index (χ1) is 22.1. The topological polar surface area (TPSA) is 19.0 Å². The van der Waals surface area contributed by atoms with Gasteiger partial charge in [-0.15, -0.1) is 0 Å². The van der Waals surface area contributed by atoms with Crippen molar-refractivity contribution in [3.8, 4) is 0 Å². The molecule has 2 aromatic carbocycles. The molecule has 0 saturated heterocycles. The summed E-state index contributed by atoms with van der Waals surface area (Å²) in [5, 5.41) is 0. The molecule has 9 rings (SSSR count). The monoisotopic (exact) mass is 588 g/mol. The zero-order chi connectivity index (χ0) is 30.1. The van der Waals surface area contributed by atoms with Gasteiger partial charge in [0.15, 0.2) is 0 Å². The molecule has 0 aliphatic heterocycles. The molecule has 4 unspecified atom stereocenters. The summed E-state index contributed by atoms with van der Waals surface area (Å²) in [5.74, 6) is 2.14. The number of fused-ring (bicyclic) bond motifs is 8. The molecule has 6 aliphatic carbocycles. The van der Waals surface area contributed by atoms with Crippen molar-refractivity contribution in [3.05, 3.63) is 153 Å². The lowest BCUT2D eigenvalue weighted by atomic mass is 9.66. The first kappa shape index (κ1) is 27.3. The van der Waals surface area contributed by atoms with E-state index in [1.54, 1.807) is 16.7 Å². The van der Waals surface area contributed by atoms with Crippen LogP contribution in [-0.2, 0) is 18.3 Å². The summed E-state index contributed by atoms with van der Waals surface area (Å²) in [4.78, 5) is 6.33. The largest absolute Gasteiger partial charge is 0.364 e. The number of hydrogen-bond acceptors (Lipinski definition) is 1. The van der Waals surface area contributed by atoms with Gasteiger partial charge in [-0.2, -0.15) is 0 Å². The maximum atomic E-state index is 3.69. The molecule has 2 nitrogen and oxygen atoms in total. The lowest BCUT2D eigenvalue weighted by Gasteiger charge is -2.39. The van der Waals surface area contributed by atoms with E-state index in [0.29, 0.717) is 23.7 Å². The number of aryl methyl sites for hydroxylation is 1. The van der Waals surface area contributed by atoms with Crippen LogP contribution in [0.4, 0.5) is 5.69 Å². The van der Waals surface area contributed by atoms with E-state index in [1.165, 1.54) is 57.9 Å². The Kier molecular flexibility index (Phi) is 6.37. The molecule has 0 radical (unpaired) electrons. The standard InChI is InChI=1S/C43H44N2/c1-43(2)38-24-23-35-36(41(38)42-39(43)25-26-44-42)22-18-31-17-21-33(27-37(31)35)45(40-14-8-12-30-11-6-7-13-34(30)40)32-19-15-29(16-20-32)28-9-4-3-5-10-28/h3-6,8-9,11,14-16,18-20,22,25-28,30,38,41,44H,7,10,12-13,17,21,23-24H2,1-2H3. The van der Waals surface area contributed by atoms with Gasteiger partial charge in [0.2, 0.25) is 0 Å². The van der Waals surface area contributed by atoms with Crippen molar-refractivity contribution in [2.45, 2.75) is 82.5 Å². The minimum absolute atomic E-state index is 0.216. The van der Waals surface area contributed by atoms with E-state index in [4.69, 9.17) is 0 Å². The average Bonchev–Trinajstić information content (AvgIpc) is 3.67. The number of benzene rings is 2. The van der Waals surface area contributed by atoms with Crippen molar-refractivity contribution >= 4 is 11.8 Å². The minimum Gasteiger partial charge on any atom is -0.364 e. The number of allylic oxidation sites excluding steroid dienone is 10. The predicted molar refractivity (Wildman–Crippen MR) is 187 cm³/mol. The number of anilines is 1. The van der Waals surface area contributed by atoms with Gasteiger partial charge in [-0.05, 0) is 132 Å². The van der Waals surface area contributed by atoms with Crippen LogP contribution in [0.5, 0.6) is 0 Å². The van der Waals surface area contributed by atoms with E-state index < -0.39 is 0 Å². The second kappa shape index (κ2) is 10.5. The van der Waals surface area contributed by atoms with Gasteiger partial charge in [-0.1, -0.05) is 80.6 Å². The van der Waals surface area contributed by atoms with Gasteiger partial charge in [0, 0.05) is 46.7 Å². The Bertz CT molecular complexity index is 1850. The molecule has 226 valence electrons. The summed E-state index contributed by atoms with van der Waals surface area (Å²) in [6, 6.07) is 16.8. The van der Waals surface area contributed by atoms with Crippen molar-refractivity contribution in [1.82, 2.24) is 4.98 Å². The van der Waals surface area contributed by atoms with Gasteiger partial charge >= 0.3 is 0 Å². The van der Waals surface area contributed by atoms with Gasteiger partial charge in [-0.3, -0.25) is 0 Å². The van der Waals surface area contributed by atoms with E-state index >= 15 is 0 Å². The average molecular weight is 589 g/mol. The number of nitrogens with one attached hydrogen (secondary N) is 1. The first-order valence-electron chi connectivity index (χ1n) is 17.4. The van der Waals surface area contributed by atoms with Crippen LogP contribution in [0.1, 0.15) is 103 Å². The van der Waals surface area contributed by atoms with Crippen LogP contribution in [0.2, 0.25) is 0 Å². The number of H-pyrrole nitrogens is 1. The number of hydrogen-bond donors (Lipinski definition) is 1. The maximum absolute atomic E-state index is 3.69. The lowest BCUT2D eigenvalue weighted by molar-refractivity contribution is 0.289. The summed E-state index contributed by atoms with van der Waals surface area (Å²) >= 11 is 0. The third-order valence-electron chi connectivity index (χ3n) is 12.1. The molecular formula is C43H44N2. The Balaban J connectivity index is 1.16. The highest BCUT2D eigenvalue weighted by molar-refractivity contribution is 5.74. The summed E-state index contributed by atoms with van der Waals surface area (Å²) in [6.45, 7) is 4.94. The van der Waals surface area contributed by atoms with Gasteiger partial charge < -0.3 is 9.88 Å². The predicted octanol–water partition coefficient (Wildman–Crippen LogP) is 10.6. The molecule has 3 aromatic rings. The van der Waals surface area contributed by atoms with E-state index in [9.17, 15) is 0 Å². The van der Waals surface area contributed by atoms with Crippen LogP contribution < -0.4 is 4.90 Å². The van der Waals surface area contributed by atoms with Gasteiger partial charge in [-0.25, -0.2) is 0 Å². The third-order valence-corrected chi connectivity index (χ3v) is 12.1. The zero-order valence-corrected chi connectivity index (χ0v) is 26.7. The van der Waals surface area contributed by atoms with Gasteiger partial charge in [0.1, 0.15) is 0 Å². The number of aromatic amines is 1.